The Kier molecular flexibility index (Phi) is 6.80. The molecule has 1 nitrogen and oxygen atoms in total. The van der Waals surface area contributed by atoms with Gasteiger partial charge < -0.3 is 5.32 Å². The standard InChI is InChI=1S/C16H27NS/c1-12(2)10-17-11-15-8-6-7-9-16(15)18-14(5)13(3)4/h6-9,12-14,17H,10-11H2,1-5H3. The number of hydrogen-bond donors (Lipinski definition) is 1. The van der Waals surface area contributed by atoms with Crippen molar-refractivity contribution in [2.24, 2.45) is 11.8 Å². The summed E-state index contributed by atoms with van der Waals surface area (Å²) in [4.78, 5) is 1.43. The van der Waals surface area contributed by atoms with Gasteiger partial charge in [-0.3, -0.25) is 0 Å². The maximum absolute atomic E-state index is 3.53. The van der Waals surface area contributed by atoms with E-state index in [1.165, 1.54) is 10.5 Å². The largest absolute Gasteiger partial charge is 0.312 e. The Bertz CT molecular complexity index is 347. The molecule has 1 N–H and O–H groups in total. The molecule has 1 aromatic carbocycles. The van der Waals surface area contributed by atoms with Crippen LogP contribution in [0.1, 0.15) is 40.2 Å². The van der Waals surface area contributed by atoms with Crippen LogP contribution in [0.5, 0.6) is 0 Å². The Balaban J connectivity index is 2.61. The lowest BCUT2D eigenvalue weighted by Gasteiger charge is -2.18. The summed E-state index contributed by atoms with van der Waals surface area (Å²) >= 11 is 2.00. The zero-order chi connectivity index (χ0) is 13.5. The topological polar surface area (TPSA) is 12.0 Å². The Morgan fingerprint density at radius 1 is 1.06 bits per heavy atom. The summed E-state index contributed by atoms with van der Waals surface area (Å²) in [6, 6.07) is 8.76. The molecule has 0 radical (unpaired) electrons. The molecule has 18 heavy (non-hydrogen) atoms. The second kappa shape index (κ2) is 7.85. The van der Waals surface area contributed by atoms with Gasteiger partial charge in [0, 0.05) is 16.7 Å². The predicted octanol–water partition coefficient (Wildman–Crippen LogP) is 4.57. The Labute approximate surface area is 117 Å². The van der Waals surface area contributed by atoms with Crippen molar-refractivity contribution in [3.05, 3.63) is 29.8 Å². The molecule has 0 aliphatic rings. The van der Waals surface area contributed by atoms with Crippen LogP contribution in [0, 0.1) is 11.8 Å². The summed E-state index contributed by atoms with van der Waals surface area (Å²) in [7, 11) is 0. The Morgan fingerprint density at radius 2 is 1.72 bits per heavy atom. The van der Waals surface area contributed by atoms with Gasteiger partial charge in [0.05, 0.1) is 0 Å². The van der Waals surface area contributed by atoms with E-state index in [4.69, 9.17) is 0 Å². The van der Waals surface area contributed by atoms with E-state index < -0.39 is 0 Å². The lowest BCUT2D eigenvalue weighted by Crippen LogP contribution is -2.19. The van der Waals surface area contributed by atoms with Gasteiger partial charge in [0.1, 0.15) is 0 Å². The van der Waals surface area contributed by atoms with Gasteiger partial charge in [-0.2, -0.15) is 0 Å². The molecule has 0 heterocycles. The van der Waals surface area contributed by atoms with Gasteiger partial charge in [0.15, 0.2) is 0 Å². The van der Waals surface area contributed by atoms with Gasteiger partial charge >= 0.3 is 0 Å². The quantitative estimate of drug-likeness (QED) is 0.725. The number of hydrogen-bond acceptors (Lipinski definition) is 2. The molecule has 1 unspecified atom stereocenters. The first-order valence-corrected chi connectivity index (χ1v) is 7.84. The second-order valence-corrected chi connectivity index (χ2v) is 7.12. The molecule has 102 valence electrons. The van der Waals surface area contributed by atoms with Crippen molar-refractivity contribution in [2.45, 2.75) is 51.3 Å². The average Bonchev–Trinajstić information content (AvgIpc) is 2.30. The first-order chi connectivity index (χ1) is 8.50. The highest BCUT2D eigenvalue weighted by molar-refractivity contribution is 8.00. The highest BCUT2D eigenvalue weighted by Gasteiger charge is 2.11. The van der Waals surface area contributed by atoms with Gasteiger partial charge in [-0.25, -0.2) is 0 Å². The fourth-order valence-corrected chi connectivity index (χ4v) is 2.72. The highest BCUT2D eigenvalue weighted by atomic mass is 32.2. The van der Waals surface area contributed by atoms with E-state index in [0.29, 0.717) is 17.1 Å². The first kappa shape index (κ1) is 15.6. The lowest BCUT2D eigenvalue weighted by atomic mass is 10.1. The van der Waals surface area contributed by atoms with Crippen LogP contribution in [0.25, 0.3) is 0 Å². The number of nitrogens with one attached hydrogen (secondary N) is 1. The third kappa shape index (κ3) is 5.45. The number of benzene rings is 1. The van der Waals surface area contributed by atoms with Crippen LogP contribution in [0.2, 0.25) is 0 Å². The maximum atomic E-state index is 3.53. The molecule has 0 saturated heterocycles. The van der Waals surface area contributed by atoms with Gasteiger partial charge in [-0.15, -0.1) is 11.8 Å². The summed E-state index contributed by atoms with van der Waals surface area (Å²) in [6.07, 6.45) is 0. The van der Waals surface area contributed by atoms with Crippen molar-refractivity contribution in [3.63, 3.8) is 0 Å². The normalized spacial score (nSPS) is 13.3. The molecule has 0 aromatic heterocycles. The van der Waals surface area contributed by atoms with E-state index in [0.717, 1.165) is 13.1 Å². The highest BCUT2D eigenvalue weighted by Crippen LogP contribution is 2.30. The van der Waals surface area contributed by atoms with Crippen LogP contribution >= 0.6 is 11.8 Å². The van der Waals surface area contributed by atoms with Crippen molar-refractivity contribution in [1.29, 1.82) is 0 Å². The molecule has 0 aliphatic heterocycles. The van der Waals surface area contributed by atoms with Crippen LogP contribution in [-0.2, 0) is 6.54 Å². The molecule has 2 heteroatoms. The number of rotatable bonds is 7. The Hall–Kier alpha value is -0.470. The molecular formula is C16H27NS. The van der Waals surface area contributed by atoms with E-state index >= 15 is 0 Å². The van der Waals surface area contributed by atoms with E-state index in [9.17, 15) is 0 Å². The minimum Gasteiger partial charge on any atom is -0.312 e. The minimum atomic E-state index is 0.663. The number of thioether (sulfide) groups is 1. The summed E-state index contributed by atoms with van der Waals surface area (Å²) in [5.41, 5.74) is 1.43. The summed E-state index contributed by atoms with van der Waals surface area (Å²) in [6.45, 7) is 13.4. The summed E-state index contributed by atoms with van der Waals surface area (Å²) in [5.74, 6) is 1.42. The molecule has 0 saturated carbocycles. The predicted molar refractivity (Wildman–Crippen MR) is 83.1 cm³/mol. The van der Waals surface area contributed by atoms with E-state index in [-0.39, 0.29) is 0 Å². The van der Waals surface area contributed by atoms with E-state index in [1.54, 1.807) is 0 Å². The zero-order valence-corrected chi connectivity index (χ0v) is 13.2. The van der Waals surface area contributed by atoms with E-state index in [2.05, 4.69) is 64.2 Å². The molecule has 0 spiro atoms. The summed E-state index contributed by atoms with van der Waals surface area (Å²) < 4.78 is 0. The van der Waals surface area contributed by atoms with Crippen molar-refractivity contribution >= 4 is 11.8 Å². The first-order valence-electron chi connectivity index (χ1n) is 6.96. The van der Waals surface area contributed by atoms with Crippen molar-refractivity contribution < 1.29 is 0 Å². The molecule has 0 aliphatic carbocycles. The third-order valence-corrected chi connectivity index (χ3v) is 4.66. The van der Waals surface area contributed by atoms with Gasteiger partial charge in [-0.05, 0) is 30.0 Å². The van der Waals surface area contributed by atoms with Crippen molar-refractivity contribution in [1.82, 2.24) is 5.32 Å². The zero-order valence-electron chi connectivity index (χ0n) is 12.4. The molecule has 0 amide bonds. The fraction of sp³-hybridized carbons (Fsp3) is 0.625. The SMILES string of the molecule is CC(C)CNCc1ccccc1SC(C)C(C)C. The van der Waals surface area contributed by atoms with Crippen LogP contribution in [0.3, 0.4) is 0 Å². The van der Waals surface area contributed by atoms with Crippen LogP contribution < -0.4 is 5.32 Å². The third-order valence-electron chi connectivity index (χ3n) is 3.09. The van der Waals surface area contributed by atoms with Gasteiger partial charge in [0.2, 0.25) is 0 Å². The summed E-state index contributed by atoms with van der Waals surface area (Å²) in [5, 5.41) is 4.19. The average molecular weight is 265 g/mol. The second-order valence-electron chi connectivity index (χ2n) is 5.70. The fourth-order valence-electron chi connectivity index (χ4n) is 1.60. The Morgan fingerprint density at radius 3 is 2.33 bits per heavy atom. The molecule has 0 bridgehead atoms. The minimum absolute atomic E-state index is 0.663. The van der Waals surface area contributed by atoms with Crippen LogP contribution in [0.15, 0.2) is 29.2 Å². The lowest BCUT2D eigenvalue weighted by molar-refractivity contribution is 0.550. The molecule has 0 fully saturated rings. The van der Waals surface area contributed by atoms with E-state index in [1.807, 2.05) is 11.8 Å². The van der Waals surface area contributed by atoms with Crippen molar-refractivity contribution in [3.8, 4) is 0 Å². The van der Waals surface area contributed by atoms with Gasteiger partial charge in [-0.1, -0.05) is 52.8 Å². The monoisotopic (exact) mass is 265 g/mol. The van der Waals surface area contributed by atoms with Gasteiger partial charge in [0.25, 0.3) is 0 Å². The van der Waals surface area contributed by atoms with Crippen molar-refractivity contribution in [2.75, 3.05) is 6.54 Å². The molecule has 1 rings (SSSR count). The molecular weight excluding hydrogens is 238 g/mol. The maximum Gasteiger partial charge on any atom is 0.0216 e. The molecule has 1 aromatic rings. The van der Waals surface area contributed by atoms with Crippen LogP contribution in [0.4, 0.5) is 0 Å². The smallest absolute Gasteiger partial charge is 0.0216 e. The molecule has 1 atom stereocenters. The van der Waals surface area contributed by atoms with Crippen LogP contribution in [-0.4, -0.2) is 11.8 Å².